The summed E-state index contributed by atoms with van der Waals surface area (Å²) in [4.78, 5) is 23.7. The van der Waals surface area contributed by atoms with E-state index in [-0.39, 0.29) is 24.0 Å². The Morgan fingerprint density at radius 3 is 2.56 bits per heavy atom. The number of aromatic nitrogens is 2. The summed E-state index contributed by atoms with van der Waals surface area (Å²) < 4.78 is 14.6. The fourth-order valence-corrected chi connectivity index (χ4v) is 2.84. The zero-order valence-corrected chi connectivity index (χ0v) is 14.2. The molecule has 1 heterocycles. The predicted octanol–water partition coefficient (Wildman–Crippen LogP) is 3.52. The fourth-order valence-electron chi connectivity index (χ4n) is 2.52. The van der Waals surface area contributed by atoms with Gasteiger partial charge >= 0.3 is 5.97 Å². The van der Waals surface area contributed by atoms with Gasteiger partial charge in [-0.25, -0.2) is 9.07 Å². The third-order valence-electron chi connectivity index (χ3n) is 3.63. The van der Waals surface area contributed by atoms with Crippen LogP contribution in [0.5, 0.6) is 0 Å². The minimum absolute atomic E-state index is 0.0504. The van der Waals surface area contributed by atoms with Gasteiger partial charge in [0.2, 0.25) is 0 Å². The predicted molar refractivity (Wildman–Crippen MR) is 92.9 cm³/mol. The third-order valence-corrected chi connectivity index (χ3v) is 4.37. The highest BCUT2D eigenvalue weighted by Gasteiger charge is 2.14. The van der Waals surface area contributed by atoms with Crippen LogP contribution in [-0.4, -0.2) is 20.9 Å². The van der Waals surface area contributed by atoms with Crippen molar-refractivity contribution in [2.75, 3.05) is 0 Å². The van der Waals surface area contributed by atoms with Gasteiger partial charge in [-0.05, 0) is 35.9 Å². The number of carboxylic acids is 1. The van der Waals surface area contributed by atoms with Crippen LogP contribution in [0.2, 0.25) is 10.0 Å². The molecule has 0 unspecified atom stereocenters. The standard InChI is InChI=1S/C17H11Cl2FN2O3/c18-13-4-1-9(5-14(13)19)8-22-17(25)12-6-10(20)2-3-11(12)15(21-22)7-16(23)24/h1-6H,7-8H2,(H,23,24). The minimum Gasteiger partial charge on any atom is -0.481 e. The number of benzene rings is 2. The summed E-state index contributed by atoms with van der Waals surface area (Å²) in [7, 11) is 0. The highest BCUT2D eigenvalue weighted by Crippen LogP contribution is 2.23. The highest BCUT2D eigenvalue weighted by atomic mass is 35.5. The van der Waals surface area contributed by atoms with E-state index in [1.165, 1.54) is 6.07 Å². The maximum Gasteiger partial charge on any atom is 0.309 e. The number of hydrogen-bond donors (Lipinski definition) is 1. The van der Waals surface area contributed by atoms with Gasteiger partial charge in [-0.3, -0.25) is 9.59 Å². The molecule has 0 saturated heterocycles. The van der Waals surface area contributed by atoms with Gasteiger partial charge in [0.05, 0.1) is 34.1 Å². The lowest BCUT2D eigenvalue weighted by atomic mass is 10.1. The summed E-state index contributed by atoms with van der Waals surface area (Å²) in [5.74, 6) is -1.68. The van der Waals surface area contributed by atoms with Crippen LogP contribution in [0.1, 0.15) is 11.3 Å². The van der Waals surface area contributed by atoms with E-state index in [1.54, 1.807) is 18.2 Å². The quantitative estimate of drug-likeness (QED) is 0.751. The molecule has 0 bridgehead atoms. The molecule has 3 rings (SSSR count). The van der Waals surface area contributed by atoms with Crippen molar-refractivity contribution in [3.63, 3.8) is 0 Å². The van der Waals surface area contributed by atoms with E-state index in [2.05, 4.69) is 5.10 Å². The Hall–Kier alpha value is -2.44. The van der Waals surface area contributed by atoms with Crippen LogP contribution in [0.4, 0.5) is 4.39 Å². The first-order chi connectivity index (χ1) is 11.8. The molecule has 0 amide bonds. The largest absolute Gasteiger partial charge is 0.481 e. The van der Waals surface area contributed by atoms with Crippen LogP contribution in [0, 0.1) is 5.82 Å². The Morgan fingerprint density at radius 1 is 1.12 bits per heavy atom. The van der Waals surface area contributed by atoms with E-state index in [0.29, 0.717) is 21.0 Å². The van der Waals surface area contributed by atoms with Crippen molar-refractivity contribution in [2.24, 2.45) is 0 Å². The summed E-state index contributed by atoms with van der Waals surface area (Å²) in [6.45, 7) is 0.0504. The monoisotopic (exact) mass is 380 g/mol. The van der Waals surface area contributed by atoms with Gasteiger partial charge in [0, 0.05) is 5.39 Å². The summed E-state index contributed by atoms with van der Waals surface area (Å²) in [5, 5.41) is 14.3. The molecule has 0 aliphatic rings. The van der Waals surface area contributed by atoms with Gasteiger partial charge in [-0.15, -0.1) is 0 Å². The summed E-state index contributed by atoms with van der Waals surface area (Å²) in [5.41, 5.74) is 0.317. The van der Waals surface area contributed by atoms with Gasteiger partial charge in [0.15, 0.2) is 0 Å². The fraction of sp³-hybridized carbons (Fsp3) is 0.118. The van der Waals surface area contributed by atoms with E-state index < -0.39 is 17.3 Å². The average Bonchev–Trinajstić information content (AvgIpc) is 2.55. The number of aliphatic carboxylic acids is 1. The van der Waals surface area contributed by atoms with E-state index >= 15 is 0 Å². The SMILES string of the molecule is O=C(O)Cc1nn(Cc2ccc(Cl)c(Cl)c2)c(=O)c2cc(F)ccc12. The van der Waals surface area contributed by atoms with Crippen LogP contribution in [0.25, 0.3) is 10.8 Å². The van der Waals surface area contributed by atoms with Gasteiger partial charge < -0.3 is 5.11 Å². The molecule has 25 heavy (non-hydrogen) atoms. The molecule has 0 aliphatic heterocycles. The van der Waals surface area contributed by atoms with Crippen LogP contribution in [-0.2, 0) is 17.8 Å². The number of carboxylic acid groups (broad SMARTS) is 1. The lowest BCUT2D eigenvalue weighted by molar-refractivity contribution is -0.136. The molecule has 5 nitrogen and oxygen atoms in total. The van der Waals surface area contributed by atoms with Crippen molar-refractivity contribution in [3.8, 4) is 0 Å². The molecule has 0 atom stereocenters. The van der Waals surface area contributed by atoms with E-state index in [1.807, 2.05) is 0 Å². The smallest absolute Gasteiger partial charge is 0.309 e. The zero-order valence-electron chi connectivity index (χ0n) is 12.7. The van der Waals surface area contributed by atoms with Crippen molar-refractivity contribution < 1.29 is 14.3 Å². The first-order valence-electron chi connectivity index (χ1n) is 7.20. The van der Waals surface area contributed by atoms with Crippen molar-refractivity contribution in [3.05, 3.63) is 73.9 Å². The average molecular weight is 381 g/mol. The highest BCUT2D eigenvalue weighted by molar-refractivity contribution is 6.42. The molecule has 0 radical (unpaired) electrons. The van der Waals surface area contributed by atoms with E-state index in [9.17, 15) is 14.0 Å². The number of nitrogens with zero attached hydrogens (tertiary/aromatic N) is 2. The topological polar surface area (TPSA) is 72.2 Å². The molecule has 0 saturated carbocycles. The van der Waals surface area contributed by atoms with Gasteiger partial charge in [-0.1, -0.05) is 29.3 Å². The second kappa shape index (κ2) is 6.82. The molecule has 0 fully saturated rings. The van der Waals surface area contributed by atoms with E-state index in [4.69, 9.17) is 28.3 Å². The number of halogens is 3. The Balaban J connectivity index is 2.16. The molecular weight excluding hydrogens is 370 g/mol. The molecule has 2 aromatic carbocycles. The lowest BCUT2D eigenvalue weighted by Gasteiger charge is -2.11. The van der Waals surface area contributed by atoms with Crippen molar-refractivity contribution in [1.82, 2.24) is 9.78 Å². The van der Waals surface area contributed by atoms with Crippen LogP contribution < -0.4 is 5.56 Å². The Bertz CT molecular complexity index is 1050. The molecular formula is C17H11Cl2FN2O3. The lowest BCUT2D eigenvalue weighted by Crippen LogP contribution is -2.26. The molecule has 0 aliphatic carbocycles. The van der Waals surface area contributed by atoms with Crippen molar-refractivity contribution in [2.45, 2.75) is 13.0 Å². The normalized spacial score (nSPS) is 11.0. The molecule has 128 valence electrons. The van der Waals surface area contributed by atoms with Crippen LogP contribution >= 0.6 is 23.2 Å². The maximum absolute atomic E-state index is 13.5. The molecule has 3 aromatic rings. The first kappa shape index (κ1) is 17.4. The van der Waals surface area contributed by atoms with E-state index in [0.717, 1.165) is 16.8 Å². The van der Waals surface area contributed by atoms with Gasteiger partial charge in [-0.2, -0.15) is 5.10 Å². The number of rotatable bonds is 4. The number of carbonyl (C=O) groups is 1. The zero-order chi connectivity index (χ0) is 18.1. The second-order valence-corrected chi connectivity index (χ2v) is 6.23. The number of hydrogen-bond acceptors (Lipinski definition) is 3. The van der Waals surface area contributed by atoms with Crippen LogP contribution in [0.3, 0.4) is 0 Å². The molecule has 8 heteroatoms. The van der Waals surface area contributed by atoms with Crippen LogP contribution in [0.15, 0.2) is 41.2 Å². The van der Waals surface area contributed by atoms with Gasteiger partial charge in [0.25, 0.3) is 5.56 Å². The van der Waals surface area contributed by atoms with Gasteiger partial charge in [0.1, 0.15) is 5.82 Å². The number of fused-ring (bicyclic) bond motifs is 1. The first-order valence-corrected chi connectivity index (χ1v) is 7.95. The second-order valence-electron chi connectivity index (χ2n) is 5.42. The Kier molecular flexibility index (Phi) is 4.74. The minimum atomic E-state index is -1.10. The molecule has 1 aromatic heterocycles. The maximum atomic E-state index is 13.5. The molecule has 0 spiro atoms. The third kappa shape index (κ3) is 3.65. The van der Waals surface area contributed by atoms with Crippen molar-refractivity contribution >= 4 is 39.9 Å². The summed E-state index contributed by atoms with van der Waals surface area (Å²) in [6, 6.07) is 8.46. The Labute approximate surface area is 151 Å². The Morgan fingerprint density at radius 2 is 1.88 bits per heavy atom. The van der Waals surface area contributed by atoms with Crippen molar-refractivity contribution in [1.29, 1.82) is 0 Å². The summed E-state index contributed by atoms with van der Waals surface area (Å²) >= 11 is 11.8. The summed E-state index contributed by atoms with van der Waals surface area (Å²) in [6.07, 6.45) is -0.385. The molecule has 1 N–H and O–H groups in total.